The Morgan fingerprint density at radius 3 is 2.79 bits per heavy atom. The highest BCUT2D eigenvalue weighted by Crippen LogP contribution is 2.23. The summed E-state index contributed by atoms with van der Waals surface area (Å²) >= 11 is 0. The van der Waals surface area contributed by atoms with Gasteiger partial charge in [0.2, 0.25) is 0 Å². The van der Waals surface area contributed by atoms with E-state index < -0.39 is 0 Å². The second-order valence-electron chi connectivity index (χ2n) is 4.85. The van der Waals surface area contributed by atoms with Crippen LogP contribution >= 0.6 is 0 Å². The van der Waals surface area contributed by atoms with Crippen molar-refractivity contribution in [3.05, 3.63) is 47.0 Å². The Hall–Kier alpha value is -1.81. The van der Waals surface area contributed by atoms with Gasteiger partial charge in [-0.2, -0.15) is 0 Å². The summed E-state index contributed by atoms with van der Waals surface area (Å²) in [5.41, 5.74) is 3.55. The third kappa shape index (κ3) is 3.15. The molecular formula is C15H21N3O. The molecule has 0 amide bonds. The van der Waals surface area contributed by atoms with E-state index in [0.717, 1.165) is 30.4 Å². The maximum atomic E-state index is 5.40. The van der Waals surface area contributed by atoms with E-state index in [1.54, 1.807) is 6.26 Å². The molecule has 0 aliphatic rings. The largest absolute Gasteiger partial charge is 0.467 e. The van der Waals surface area contributed by atoms with Crippen LogP contribution in [0.5, 0.6) is 0 Å². The second kappa shape index (κ2) is 5.89. The lowest BCUT2D eigenvalue weighted by molar-refractivity contribution is 0.506. The average Bonchev–Trinajstić information content (AvgIpc) is 2.85. The van der Waals surface area contributed by atoms with Crippen LogP contribution in [0, 0.1) is 13.8 Å². The van der Waals surface area contributed by atoms with Crippen LogP contribution in [-0.2, 0) is 13.1 Å². The van der Waals surface area contributed by atoms with Crippen LogP contribution in [0.3, 0.4) is 0 Å². The highest BCUT2D eigenvalue weighted by molar-refractivity contribution is 5.51. The predicted octanol–water partition coefficient (Wildman–Crippen LogP) is 2.65. The van der Waals surface area contributed by atoms with Gasteiger partial charge in [0, 0.05) is 24.8 Å². The van der Waals surface area contributed by atoms with Crippen molar-refractivity contribution in [3.8, 4) is 0 Å². The molecule has 0 bridgehead atoms. The molecule has 0 aliphatic heterocycles. The molecule has 102 valence electrons. The maximum Gasteiger partial charge on any atom is 0.133 e. The van der Waals surface area contributed by atoms with E-state index in [9.17, 15) is 0 Å². The fraction of sp³-hybridized carbons (Fsp3) is 0.400. The van der Waals surface area contributed by atoms with Gasteiger partial charge in [0.1, 0.15) is 11.6 Å². The van der Waals surface area contributed by atoms with Crippen molar-refractivity contribution in [2.75, 3.05) is 19.0 Å². The number of aryl methyl sites for hydroxylation is 2. The van der Waals surface area contributed by atoms with Crippen LogP contribution in [-0.4, -0.2) is 19.1 Å². The third-order valence-corrected chi connectivity index (χ3v) is 3.14. The van der Waals surface area contributed by atoms with Gasteiger partial charge in [-0.3, -0.25) is 0 Å². The van der Waals surface area contributed by atoms with Gasteiger partial charge in [-0.25, -0.2) is 4.98 Å². The van der Waals surface area contributed by atoms with E-state index in [2.05, 4.69) is 28.2 Å². The molecule has 0 atom stereocenters. The van der Waals surface area contributed by atoms with E-state index in [0.29, 0.717) is 0 Å². The lowest BCUT2D eigenvalue weighted by atomic mass is 10.1. The number of hydrogen-bond donors (Lipinski definition) is 1. The Morgan fingerprint density at radius 2 is 2.16 bits per heavy atom. The molecule has 2 aromatic heterocycles. The molecule has 4 heteroatoms. The number of anilines is 1. The Balaban J connectivity index is 2.31. The quantitative estimate of drug-likeness (QED) is 0.896. The van der Waals surface area contributed by atoms with Crippen LogP contribution in [0.25, 0.3) is 0 Å². The van der Waals surface area contributed by atoms with E-state index >= 15 is 0 Å². The lowest BCUT2D eigenvalue weighted by Gasteiger charge is -2.22. The maximum absolute atomic E-state index is 5.40. The summed E-state index contributed by atoms with van der Waals surface area (Å²) in [6.07, 6.45) is 1.70. The van der Waals surface area contributed by atoms with Crippen LogP contribution in [0.2, 0.25) is 0 Å². The van der Waals surface area contributed by atoms with Crippen molar-refractivity contribution in [3.63, 3.8) is 0 Å². The molecule has 0 fully saturated rings. The molecule has 2 rings (SSSR count). The van der Waals surface area contributed by atoms with E-state index in [-0.39, 0.29) is 0 Å². The Kier molecular flexibility index (Phi) is 4.22. The monoisotopic (exact) mass is 259 g/mol. The molecular weight excluding hydrogens is 238 g/mol. The molecule has 0 aromatic carbocycles. The second-order valence-corrected chi connectivity index (χ2v) is 4.85. The molecule has 0 saturated carbocycles. The van der Waals surface area contributed by atoms with E-state index in [1.165, 1.54) is 11.1 Å². The van der Waals surface area contributed by atoms with Crippen LogP contribution in [0.1, 0.15) is 22.6 Å². The first-order valence-electron chi connectivity index (χ1n) is 6.47. The molecule has 2 heterocycles. The fourth-order valence-corrected chi connectivity index (χ4v) is 2.27. The van der Waals surface area contributed by atoms with E-state index in [1.807, 2.05) is 33.2 Å². The number of aromatic nitrogens is 1. The van der Waals surface area contributed by atoms with Crippen molar-refractivity contribution in [2.24, 2.45) is 0 Å². The van der Waals surface area contributed by atoms with Crippen molar-refractivity contribution >= 4 is 5.82 Å². The predicted molar refractivity (Wildman–Crippen MR) is 77.3 cm³/mol. The number of pyridine rings is 1. The van der Waals surface area contributed by atoms with Crippen molar-refractivity contribution in [2.45, 2.75) is 26.9 Å². The molecule has 2 aromatic rings. The minimum Gasteiger partial charge on any atom is -0.467 e. The average molecular weight is 259 g/mol. The summed E-state index contributed by atoms with van der Waals surface area (Å²) in [6, 6.07) is 6.01. The normalized spacial score (nSPS) is 10.7. The molecule has 0 spiro atoms. The van der Waals surface area contributed by atoms with Gasteiger partial charge >= 0.3 is 0 Å². The summed E-state index contributed by atoms with van der Waals surface area (Å²) in [4.78, 5) is 6.81. The molecule has 19 heavy (non-hydrogen) atoms. The number of hydrogen-bond acceptors (Lipinski definition) is 4. The van der Waals surface area contributed by atoms with Gasteiger partial charge in [0.25, 0.3) is 0 Å². The minimum absolute atomic E-state index is 0.722. The van der Waals surface area contributed by atoms with Gasteiger partial charge in [-0.05, 0) is 44.7 Å². The summed E-state index contributed by atoms with van der Waals surface area (Å²) in [6.45, 7) is 5.70. The zero-order chi connectivity index (χ0) is 13.8. The van der Waals surface area contributed by atoms with Crippen molar-refractivity contribution in [1.82, 2.24) is 10.3 Å². The van der Waals surface area contributed by atoms with Crippen LogP contribution in [0.15, 0.2) is 28.9 Å². The molecule has 1 N–H and O–H groups in total. The Morgan fingerprint density at radius 1 is 1.37 bits per heavy atom. The summed E-state index contributed by atoms with van der Waals surface area (Å²) in [5, 5.41) is 3.21. The number of nitrogens with one attached hydrogen (secondary N) is 1. The SMILES string of the molecule is CNCc1c(C)cc(C)nc1N(C)Cc1ccco1. The molecule has 0 radical (unpaired) electrons. The van der Waals surface area contributed by atoms with Crippen LogP contribution in [0.4, 0.5) is 5.82 Å². The minimum atomic E-state index is 0.722. The van der Waals surface area contributed by atoms with Crippen LogP contribution < -0.4 is 10.2 Å². The van der Waals surface area contributed by atoms with Gasteiger partial charge in [-0.15, -0.1) is 0 Å². The number of nitrogens with zero attached hydrogens (tertiary/aromatic N) is 2. The molecule has 4 nitrogen and oxygen atoms in total. The summed E-state index contributed by atoms with van der Waals surface area (Å²) < 4.78 is 5.40. The number of furan rings is 1. The lowest BCUT2D eigenvalue weighted by Crippen LogP contribution is -2.22. The van der Waals surface area contributed by atoms with Gasteiger partial charge in [0.05, 0.1) is 12.8 Å². The number of rotatable bonds is 5. The first-order valence-corrected chi connectivity index (χ1v) is 6.47. The van der Waals surface area contributed by atoms with Gasteiger partial charge in [0.15, 0.2) is 0 Å². The highest BCUT2D eigenvalue weighted by atomic mass is 16.3. The third-order valence-electron chi connectivity index (χ3n) is 3.14. The molecule has 0 aliphatic carbocycles. The first-order chi connectivity index (χ1) is 9.11. The summed E-state index contributed by atoms with van der Waals surface area (Å²) in [5.74, 6) is 1.96. The zero-order valence-electron chi connectivity index (χ0n) is 12.0. The Labute approximate surface area is 114 Å². The van der Waals surface area contributed by atoms with E-state index in [4.69, 9.17) is 4.42 Å². The zero-order valence-corrected chi connectivity index (χ0v) is 12.0. The Bertz CT molecular complexity index is 535. The fourth-order valence-electron chi connectivity index (χ4n) is 2.27. The van der Waals surface area contributed by atoms with Crippen molar-refractivity contribution in [1.29, 1.82) is 0 Å². The molecule has 0 unspecified atom stereocenters. The standard InChI is InChI=1S/C15H21N3O/c1-11-8-12(2)17-15(14(11)9-16-3)18(4)10-13-6-5-7-19-13/h5-8,16H,9-10H2,1-4H3. The van der Waals surface area contributed by atoms with Gasteiger partial charge < -0.3 is 14.6 Å². The van der Waals surface area contributed by atoms with Crippen molar-refractivity contribution < 1.29 is 4.42 Å². The summed E-state index contributed by atoms with van der Waals surface area (Å²) in [7, 11) is 4.00. The highest BCUT2D eigenvalue weighted by Gasteiger charge is 2.13. The molecule has 0 saturated heterocycles. The smallest absolute Gasteiger partial charge is 0.133 e. The topological polar surface area (TPSA) is 41.3 Å². The van der Waals surface area contributed by atoms with Gasteiger partial charge in [-0.1, -0.05) is 0 Å². The first kappa shape index (κ1) is 13.6.